The zero-order valence-corrected chi connectivity index (χ0v) is 8.46. The van der Waals surface area contributed by atoms with Gasteiger partial charge in [-0.3, -0.25) is 4.90 Å². The van der Waals surface area contributed by atoms with Gasteiger partial charge in [-0.1, -0.05) is 13.8 Å². The first-order valence-corrected chi connectivity index (χ1v) is 5.30. The van der Waals surface area contributed by atoms with Crippen LogP contribution >= 0.6 is 0 Å². The third-order valence-corrected chi connectivity index (χ3v) is 3.36. The largest absolute Gasteiger partial charge is 0.293 e. The molecule has 1 saturated heterocycles. The van der Waals surface area contributed by atoms with Gasteiger partial charge in [0.2, 0.25) is 0 Å². The maximum atomic E-state index is 13.0. The van der Waals surface area contributed by atoms with Gasteiger partial charge in [0.25, 0.3) is 0 Å². The maximum Gasteiger partial charge on any atom is 0.0988 e. The molecule has 2 unspecified atom stereocenters. The van der Waals surface area contributed by atoms with Crippen molar-refractivity contribution in [1.29, 1.82) is 0 Å². The van der Waals surface area contributed by atoms with Gasteiger partial charge in [-0.25, -0.2) is 4.39 Å². The molecule has 0 amide bonds. The second-order valence-corrected chi connectivity index (χ2v) is 4.56. The van der Waals surface area contributed by atoms with Crippen LogP contribution in [0, 0.1) is 5.92 Å². The molecule has 2 aliphatic rings. The number of hydrogen-bond acceptors (Lipinski definition) is 1. The number of hydrogen-bond donors (Lipinski definition) is 0. The van der Waals surface area contributed by atoms with Crippen molar-refractivity contribution in [1.82, 2.24) is 4.90 Å². The molecule has 0 bridgehead atoms. The van der Waals surface area contributed by atoms with Crippen molar-refractivity contribution in [3.63, 3.8) is 0 Å². The highest BCUT2D eigenvalue weighted by atomic mass is 19.1. The number of halogens is 1. The lowest BCUT2D eigenvalue weighted by Crippen LogP contribution is -2.40. The van der Waals surface area contributed by atoms with E-state index in [2.05, 4.69) is 18.7 Å². The lowest BCUT2D eigenvalue weighted by atomic mass is 10.0. The molecule has 2 atom stereocenters. The third kappa shape index (κ3) is 1.64. The van der Waals surface area contributed by atoms with E-state index in [4.69, 9.17) is 0 Å². The normalized spacial score (nSPS) is 34.9. The SMILES string of the molecule is CC(C)C1CCC2C=C(F)CCN21. The van der Waals surface area contributed by atoms with Crippen LogP contribution in [0.4, 0.5) is 4.39 Å². The molecule has 2 heterocycles. The van der Waals surface area contributed by atoms with Crippen LogP contribution < -0.4 is 0 Å². The fraction of sp³-hybridized carbons (Fsp3) is 0.818. The molecule has 1 nitrogen and oxygen atoms in total. The van der Waals surface area contributed by atoms with E-state index >= 15 is 0 Å². The first-order valence-electron chi connectivity index (χ1n) is 5.30. The predicted molar refractivity (Wildman–Crippen MR) is 52.2 cm³/mol. The predicted octanol–water partition coefficient (Wildman–Crippen LogP) is 2.73. The van der Waals surface area contributed by atoms with Gasteiger partial charge in [-0.2, -0.15) is 0 Å². The Hall–Kier alpha value is -0.370. The van der Waals surface area contributed by atoms with Crippen LogP contribution in [-0.2, 0) is 0 Å². The number of rotatable bonds is 1. The molecular formula is C11H18FN. The van der Waals surface area contributed by atoms with Gasteiger partial charge >= 0.3 is 0 Å². The first kappa shape index (κ1) is 9.20. The summed E-state index contributed by atoms with van der Waals surface area (Å²) in [6, 6.07) is 1.09. The van der Waals surface area contributed by atoms with Gasteiger partial charge in [0.05, 0.1) is 5.83 Å². The van der Waals surface area contributed by atoms with Gasteiger partial charge in [-0.05, 0) is 24.8 Å². The summed E-state index contributed by atoms with van der Waals surface area (Å²) in [5, 5.41) is 0. The first-order chi connectivity index (χ1) is 6.18. The van der Waals surface area contributed by atoms with Crippen LogP contribution in [0.25, 0.3) is 0 Å². The maximum absolute atomic E-state index is 13.0. The van der Waals surface area contributed by atoms with Crippen molar-refractivity contribution in [3.8, 4) is 0 Å². The second kappa shape index (κ2) is 3.41. The molecule has 74 valence electrons. The van der Waals surface area contributed by atoms with E-state index in [1.54, 1.807) is 0 Å². The molecule has 0 aromatic rings. The smallest absolute Gasteiger partial charge is 0.0988 e. The summed E-state index contributed by atoms with van der Waals surface area (Å²) in [7, 11) is 0. The highest BCUT2D eigenvalue weighted by Crippen LogP contribution is 2.33. The minimum absolute atomic E-state index is 0.102. The minimum atomic E-state index is 0.102. The second-order valence-electron chi connectivity index (χ2n) is 4.56. The van der Waals surface area contributed by atoms with Gasteiger partial charge in [0.15, 0.2) is 0 Å². The summed E-state index contributed by atoms with van der Waals surface area (Å²) < 4.78 is 13.0. The van der Waals surface area contributed by atoms with E-state index in [0.29, 0.717) is 24.4 Å². The lowest BCUT2D eigenvalue weighted by molar-refractivity contribution is 0.166. The van der Waals surface area contributed by atoms with E-state index < -0.39 is 0 Å². The van der Waals surface area contributed by atoms with E-state index in [9.17, 15) is 4.39 Å². The molecule has 1 fully saturated rings. The average molecular weight is 183 g/mol. The molecule has 0 aromatic heterocycles. The van der Waals surface area contributed by atoms with Crippen LogP contribution in [0.15, 0.2) is 11.9 Å². The topological polar surface area (TPSA) is 3.24 Å². The number of fused-ring (bicyclic) bond motifs is 1. The average Bonchev–Trinajstić information content (AvgIpc) is 2.46. The van der Waals surface area contributed by atoms with Gasteiger partial charge in [0.1, 0.15) is 0 Å². The van der Waals surface area contributed by atoms with Crippen molar-refractivity contribution in [2.45, 2.75) is 45.2 Å². The molecule has 0 aromatic carbocycles. The lowest BCUT2D eigenvalue weighted by Gasteiger charge is -2.33. The van der Waals surface area contributed by atoms with Gasteiger partial charge in [-0.15, -0.1) is 0 Å². The fourth-order valence-electron chi connectivity index (χ4n) is 2.67. The van der Waals surface area contributed by atoms with E-state index in [1.807, 2.05) is 6.08 Å². The summed E-state index contributed by atoms with van der Waals surface area (Å²) in [6.45, 7) is 5.46. The molecule has 0 spiro atoms. The highest BCUT2D eigenvalue weighted by Gasteiger charge is 2.35. The molecular weight excluding hydrogens is 165 g/mol. The molecule has 2 heteroatoms. The summed E-state index contributed by atoms with van der Waals surface area (Å²) in [4.78, 5) is 2.48. The fourth-order valence-corrected chi connectivity index (χ4v) is 2.67. The Bertz CT molecular complexity index is 222. The van der Waals surface area contributed by atoms with Crippen LogP contribution in [-0.4, -0.2) is 23.5 Å². The third-order valence-electron chi connectivity index (χ3n) is 3.36. The van der Waals surface area contributed by atoms with Gasteiger partial charge < -0.3 is 0 Å². The summed E-state index contributed by atoms with van der Waals surface area (Å²) >= 11 is 0. The van der Waals surface area contributed by atoms with Crippen molar-refractivity contribution in [2.24, 2.45) is 5.92 Å². The molecule has 0 aliphatic carbocycles. The van der Waals surface area contributed by atoms with Crippen LogP contribution in [0.5, 0.6) is 0 Å². The minimum Gasteiger partial charge on any atom is -0.293 e. The molecule has 2 aliphatic heterocycles. The molecule has 0 N–H and O–H groups in total. The van der Waals surface area contributed by atoms with E-state index in [-0.39, 0.29) is 5.83 Å². The summed E-state index contributed by atoms with van der Waals surface area (Å²) in [5.74, 6) is 0.810. The molecule has 13 heavy (non-hydrogen) atoms. The van der Waals surface area contributed by atoms with Crippen molar-refractivity contribution < 1.29 is 4.39 Å². The Morgan fingerprint density at radius 3 is 2.92 bits per heavy atom. The molecule has 0 saturated carbocycles. The van der Waals surface area contributed by atoms with Crippen molar-refractivity contribution >= 4 is 0 Å². The van der Waals surface area contributed by atoms with Gasteiger partial charge in [0, 0.05) is 25.0 Å². The van der Waals surface area contributed by atoms with Crippen LogP contribution in [0.3, 0.4) is 0 Å². The van der Waals surface area contributed by atoms with E-state index in [0.717, 1.165) is 13.0 Å². The zero-order chi connectivity index (χ0) is 9.42. The number of nitrogens with zero attached hydrogens (tertiary/aromatic N) is 1. The molecule has 0 radical (unpaired) electrons. The monoisotopic (exact) mass is 183 g/mol. The summed E-state index contributed by atoms with van der Waals surface area (Å²) in [6.07, 6.45) is 4.84. The Labute approximate surface area is 79.6 Å². The van der Waals surface area contributed by atoms with Crippen LogP contribution in [0.2, 0.25) is 0 Å². The van der Waals surface area contributed by atoms with E-state index in [1.165, 1.54) is 6.42 Å². The Balaban J connectivity index is 2.10. The van der Waals surface area contributed by atoms with Crippen molar-refractivity contribution in [3.05, 3.63) is 11.9 Å². The highest BCUT2D eigenvalue weighted by molar-refractivity contribution is 5.09. The Morgan fingerprint density at radius 1 is 1.46 bits per heavy atom. The quantitative estimate of drug-likeness (QED) is 0.604. The Morgan fingerprint density at radius 2 is 2.23 bits per heavy atom. The molecule has 2 rings (SSSR count). The Kier molecular flexibility index (Phi) is 2.41. The zero-order valence-electron chi connectivity index (χ0n) is 8.46. The van der Waals surface area contributed by atoms with Crippen LogP contribution in [0.1, 0.15) is 33.1 Å². The summed E-state index contributed by atoms with van der Waals surface area (Å²) in [5.41, 5.74) is 0. The van der Waals surface area contributed by atoms with Crippen molar-refractivity contribution in [2.75, 3.05) is 6.54 Å². The standard InChI is InChI=1S/C11H18FN/c1-8(2)11-4-3-10-7-9(12)5-6-13(10)11/h7-8,10-11H,3-6H2,1-2H3.